The van der Waals surface area contributed by atoms with Crippen LogP contribution in [0.4, 0.5) is 11.4 Å². The van der Waals surface area contributed by atoms with Crippen molar-refractivity contribution in [2.24, 2.45) is 0 Å². The molecule has 41 heavy (non-hydrogen) atoms. The maximum atomic E-state index is 13.3. The Kier molecular flexibility index (Phi) is 6.44. The predicted molar refractivity (Wildman–Crippen MR) is 162 cm³/mol. The Morgan fingerprint density at radius 1 is 0.854 bits per heavy atom. The smallest absolute Gasteiger partial charge is 0.266 e. The Morgan fingerprint density at radius 2 is 1.63 bits per heavy atom. The number of anilines is 2. The van der Waals surface area contributed by atoms with Gasteiger partial charge in [0.1, 0.15) is 0 Å². The number of carbonyl (C=O) groups is 2. The molecule has 3 aliphatic heterocycles. The topological polar surface area (TPSA) is 58.0 Å². The van der Waals surface area contributed by atoms with Crippen molar-refractivity contribution in [1.82, 2.24) is 9.47 Å². The van der Waals surface area contributed by atoms with E-state index in [4.69, 9.17) is 4.74 Å². The normalized spacial score (nSPS) is 18.0. The minimum Gasteiger partial charge on any atom is -0.378 e. The van der Waals surface area contributed by atoms with Crippen LogP contribution >= 0.6 is 0 Å². The molecule has 7 heteroatoms. The zero-order valence-electron chi connectivity index (χ0n) is 23.8. The number of hydrogen-bond donors (Lipinski definition) is 0. The number of aromatic nitrogens is 1. The monoisotopic (exact) mass is 548 g/mol. The van der Waals surface area contributed by atoms with Crippen molar-refractivity contribution in [2.45, 2.75) is 44.4 Å². The van der Waals surface area contributed by atoms with Crippen molar-refractivity contribution in [2.75, 3.05) is 43.5 Å². The number of likely N-dealkylation sites (tertiary alicyclic amines) is 1. The molecule has 0 aliphatic carbocycles. The first-order valence-electron chi connectivity index (χ1n) is 14.7. The van der Waals surface area contributed by atoms with E-state index in [1.807, 2.05) is 43.3 Å². The number of imide groups is 1. The number of amides is 2. The summed E-state index contributed by atoms with van der Waals surface area (Å²) < 4.78 is 8.58. The van der Waals surface area contributed by atoms with Gasteiger partial charge in [0.25, 0.3) is 11.8 Å². The Bertz CT molecular complexity index is 1650. The van der Waals surface area contributed by atoms with Gasteiger partial charge in [0.2, 0.25) is 0 Å². The van der Waals surface area contributed by atoms with E-state index in [0.717, 1.165) is 75.1 Å². The summed E-state index contributed by atoms with van der Waals surface area (Å²) in [5.74, 6) is -0.525. The molecule has 0 saturated carbocycles. The number of benzene rings is 3. The Balaban J connectivity index is 0.981. The van der Waals surface area contributed by atoms with Gasteiger partial charge in [-0.1, -0.05) is 30.3 Å². The fraction of sp³-hybridized carbons (Fsp3) is 0.353. The number of piperidine rings is 1. The van der Waals surface area contributed by atoms with E-state index in [2.05, 4.69) is 46.0 Å². The average molecular weight is 549 g/mol. The number of aryl methyl sites for hydroxylation is 1. The highest BCUT2D eigenvalue weighted by atomic mass is 16.5. The molecule has 7 nitrogen and oxygen atoms in total. The van der Waals surface area contributed by atoms with Crippen LogP contribution < -0.4 is 9.80 Å². The first-order valence-corrected chi connectivity index (χ1v) is 14.7. The van der Waals surface area contributed by atoms with Crippen LogP contribution in [-0.4, -0.2) is 55.0 Å². The number of ether oxygens (including phenoxy) is 1. The predicted octanol–water partition coefficient (Wildman–Crippen LogP) is 5.81. The fourth-order valence-corrected chi connectivity index (χ4v) is 6.80. The van der Waals surface area contributed by atoms with Crippen LogP contribution in [0.15, 0.2) is 72.9 Å². The highest BCUT2D eigenvalue weighted by Crippen LogP contribution is 2.44. The summed E-state index contributed by atoms with van der Waals surface area (Å²) in [6, 6.07) is 22.1. The second kappa shape index (κ2) is 10.2. The Hall–Kier alpha value is -3.94. The number of carbonyl (C=O) groups excluding carboxylic acids is 2. The summed E-state index contributed by atoms with van der Waals surface area (Å²) in [6.07, 6.45) is 6.41. The van der Waals surface area contributed by atoms with Gasteiger partial charge in [0.15, 0.2) is 0 Å². The molecule has 4 aromatic rings. The molecule has 0 N–H and O–H groups in total. The quantitative estimate of drug-likeness (QED) is 0.216. The number of unbranched alkanes of at least 4 members (excludes halogenated alkanes) is 1. The summed E-state index contributed by atoms with van der Waals surface area (Å²) in [4.78, 5) is 32.4. The largest absolute Gasteiger partial charge is 0.378 e. The molecule has 4 heterocycles. The van der Waals surface area contributed by atoms with Crippen molar-refractivity contribution in [3.63, 3.8) is 0 Å². The number of hydrogen-bond acceptors (Lipinski definition) is 5. The first kappa shape index (κ1) is 26.0. The van der Waals surface area contributed by atoms with Crippen LogP contribution in [0.3, 0.4) is 0 Å². The summed E-state index contributed by atoms with van der Waals surface area (Å²) >= 11 is 0. The Morgan fingerprint density at radius 3 is 2.46 bits per heavy atom. The molecule has 1 aromatic heterocycles. The number of rotatable bonds is 7. The fourth-order valence-electron chi connectivity index (χ4n) is 6.80. The van der Waals surface area contributed by atoms with E-state index < -0.39 is 0 Å². The van der Waals surface area contributed by atoms with Crippen LogP contribution in [-0.2, 0) is 23.5 Å². The second-order valence-corrected chi connectivity index (χ2v) is 11.8. The molecule has 3 aliphatic rings. The minimum absolute atomic E-state index is 0.0804. The SMILES string of the molecule is CN(C)c1ccc2c(c1)C(=O)N(c1ccc3ccn(CCCCN4CCC5(CC4)OCc4ccccc45)c3c1)C2=O. The van der Waals surface area contributed by atoms with Crippen LogP contribution in [0.25, 0.3) is 10.9 Å². The second-order valence-electron chi connectivity index (χ2n) is 11.8. The number of nitrogens with zero attached hydrogens (tertiary/aromatic N) is 4. The zero-order valence-corrected chi connectivity index (χ0v) is 23.8. The summed E-state index contributed by atoms with van der Waals surface area (Å²) in [5.41, 5.74) is 6.16. The molecular weight excluding hydrogens is 512 g/mol. The maximum Gasteiger partial charge on any atom is 0.266 e. The van der Waals surface area contributed by atoms with E-state index in [1.165, 1.54) is 16.0 Å². The van der Waals surface area contributed by atoms with Crippen molar-refractivity contribution < 1.29 is 14.3 Å². The van der Waals surface area contributed by atoms with Gasteiger partial charge in [0.05, 0.1) is 34.5 Å². The van der Waals surface area contributed by atoms with Gasteiger partial charge < -0.3 is 19.1 Å². The van der Waals surface area contributed by atoms with E-state index in [0.29, 0.717) is 16.8 Å². The molecule has 3 aromatic carbocycles. The van der Waals surface area contributed by atoms with Crippen LogP contribution in [0, 0.1) is 0 Å². The van der Waals surface area contributed by atoms with Gasteiger partial charge in [-0.15, -0.1) is 0 Å². The third-order valence-electron chi connectivity index (χ3n) is 9.20. The average Bonchev–Trinajstić information content (AvgIpc) is 3.64. The van der Waals surface area contributed by atoms with Crippen LogP contribution in [0.5, 0.6) is 0 Å². The van der Waals surface area contributed by atoms with Gasteiger partial charge in [-0.2, -0.15) is 0 Å². The molecule has 0 radical (unpaired) electrons. The van der Waals surface area contributed by atoms with Crippen molar-refractivity contribution >= 4 is 34.1 Å². The molecule has 0 atom stereocenters. The summed E-state index contributed by atoms with van der Waals surface area (Å²) in [7, 11) is 3.85. The van der Waals surface area contributed by atoms with Crippen molar-refractivity contribution in [3.8, 4) is 0 Å². The maximum absolute atomic E-state index is 13.3. The van der Waals surface area contributed by atoms with Gasteiger partial charge in [-0.3, -0.25) is 9.59 Å². The van der Waals surface area contributed by atoms with Gasteiger partial charge in [0, 0.05) is 45.6 Å². The molecule has 1 fully saturated rings. The molecule has 1 saturated heterocycles. The molecular formula is C34H36N4O3. The van der Waals surface area contributed by atoms with E-state index in [1.54, 1.807) is 12.1 Å². The minimum atomic E-state index is -0.263. The first-order chi connectivity index (χ1) is 19.9. The molecule has 0 unspecified atom stereocenters. The van der Waals surface area contributed by atoms with Crippen LogP contribution in [0.2, 0.25) is 0 Å². The summed E-state index contributed by atoms with van der Waals surface area (Å²) in [5, 5.41) is 1.11. The van der Waals surface area contributed by atoms with Crippen molar-refractivity contribution in [1.29, 1.82) is 0 Å². The third-order valence-corrected chi connectivity index (χ3v) is 9.20. The van der Waals surface area contributed by atoms with Gasteiger partial charge >= 0.3 is 0 Å². The van der Waals surface area contributed by atoms with E-state index >= 15 is 0 Å². The zero-order chi connectivity index (χ0) is 28.1. The summed E-state index contributed by atoms with van der Waals surface area (Å²) in [6.45, 7) is 4.87. The lowest BCUT2D eigenvalue weighted by Crippen LogP contribution is -2.42. The van der Waals surface area contributed by atoms with Gasteiger partial charge in [-0.25, -0.2) is 4.90 Å². The molecule has 210 valence electrons. The molecule has 2 amide bonds. The molecule has 0 bridgehead atoms. The third kappa shape index (κ3) is 4.44. The van der Waals surface area contributed by atoms with Crippen LogP contribution in [0.1, 0.15) is 57.5 Å². The lowest BCUT2D eigenvalue weighted by Gasteiger charge is -2.39. The van der Waals surface area contributed by atoms with Crippen molar-refractivity contribution in [3.05, 3.63) is 95.2 Å². The number of fused-ring (bicyclic) bond motifs is 4. The van der Waals surface area contributed by atoms with E-state index in [-0.39, 0.29) is 17.4 Å². The van der Waals surface area contributed by atoms with E-state index in [9.17, 15) is 9.59 Å². The standard InChI is InChI=1S/C34H36N4O3/c1-35(2)26-11-12-28-29(21-26)33(40)38(32(28)39)27-10-9-24-13-18-37(31(24)22-27)17-6-5-16-36-19-14-34(15-20-36)30-8-4-3-7-25(30)23-41-34/h3-4,7-13,18,21-22H,5-6,14-17,19-20,23H2,1-2H3. The molecule has 1 spiro atoms. The highest BCUT2D eigenvalue weighted by Gasteiger charge is 2.42. The lowest BCUT2D eigenvalue weighted by molar-refractivity contribution is -0.0788. The molecule has 7 rings (SSSR count). The van der Waals surface area contributed by atoms with Gasteiger partial charge in [-0.05, 0) is 85.1 Å². The Labute approximate surface area is 240 Å². The highest BCUT2D eigenvalue weighted by molar-refractivity contribution is 6.34. The lowest BCUT2D eigenvalue weighted by atomic mass is 9.84.